The van der Waals surface area contributed by atoms with Crippen LogP contribution in [0.15, 0.2) is 70.5 Å². The first kappa shape index (κ1) is 19.6. The van der Waals surface area contributed by atoms with E-state index in [0.29, 0.717) is 5.69 Å². The Morgan fingerprint density at radius 3 is 2.53 bits per heavy atom. The average molecular weight is 401 g/mol. The predicted molar refractivity (Wildman–Crippen MR) is 119 cm³/mol. The molecule has 6 heteroatoms. The lowest BCUT2D eigenvalue weighted by atomic mass is 9.83. The zero-order valence-corrected chi connectivity index (χ0v) is 17.4. The molecule has 6 nitrogen and oxygen atoms in total. The van der Waals surface area contributed by atoms with E-state index < -0.39 is 11.2 Å². The van der Waals surface area contributed by atoms with E-state index in [9.17, 15) is 9.59 Å². The Bertz CT molecular complexity index is 1360. The van der Waals surface area contributed by atoms with Crippen molar-refractivity contribution in [3.8, 4) is 22.6 Å². The molecule has 0 unspecified atom stereocenters. The lowest BCUT2D eigenvalue weighted by Gasteiger charge is -2.25. The van der Waals surface area contributed by atoms with Crippen molar-refractivity contribution in [1.82, 2.24) is 14.5 Å². The Morgan fingerprint density at radius 1 is 1.03 bits per heavy atom. The lowest BCUT2D eigenvalue weighted by molar-refractivity contribution is 0.399. The van der Waals surface area contributed by atoms with Crippen molar-refractivity contribution >= 4 is 10.9 Å². The Hall–Kier alpha value is -3.67. The summed E-state index contributed by atoms with van der Waals surface area (Å²) in [5.74, 6) is 0.756. The third-order valence-electron chi connectivity index (χ3n) is 5.10. The number of aromatic nitrogens is 3. The van der Waals surface area contributed by atoms with Crippen molar-refractivity contribution in [3.05, 3.63) is 87.3 Å². The Balaban J connectivity index is 2.04. The molecule has 2 heterocycles. The number of fused-ring (bicyclic) bond motifs is 1. The van der Waals surface area contributed by atoms with Gasteiger partial charge in [-0.2, -0.15) is 0 Å². The molecule has 0 saturated carbocycles. The van der Waals surface area contributed by atoms with Crippen LogP contribution in [0.3, 0.4) is 0 Å². The van der Waals surface area contributed by atoms with Crippen LogP contribution < -0.4 is 16.0 Å². The minimum atomic E-state index is -0.485. The molecule has 4 aromatic rings. The molecule has 30 heavy (non-hydrogen) atoms. The average Bonchev–Trinajstić information content (AvgIpc) is 2.72. The number of pyridine rings is 1. The molecule has 2 aromatic carbocycles. The highest BCUT2D eigenvalue weighted by atomic mass is 16.5. The van der Waals surface area contributed by atoms with Crippen LogP contribution in [0.2, 0.25) is 0 Å². The fraction of sp³-hybridized carbons (Fsp3) is 0.208. The molecule has 0 atom stereocenters. The summed E-state index contributed by atoms with van der Waals surface area (Å²) in [4.78, 5) is 30.7. The molecule has 152 valence electrons. The number of aromatic amines is 1. The SMILES string of the molecule is COc1c(-c2ccc3ncccc3c2)cc(-n2ccc(=O)[nH]c2=O)cc1C(C)(C)C. The molecule has 2 aromatic heterocycles. The Labute approximate surface area is 173 Å². The normalized spacial score (nSPS) is 11.6. The van der Waals surface area contributed by atoms with Gasteiger partial charge in [0.25, 0.3) is 5.56 Å². The van der Waals surface area contributed by atoms with Gasteiger partial charge in [0.2, 0.25) is 0 Å². The van der Waals surface area contributed by atoms with Crippen LogP contribution in [0.25, 0.3) is 27.7 Å². The predicted octanol–water partition coefficient (Wildman–Crippen LogP) is 4.05. The van der Waals surface area contributed by atoms with E-state index in [1.165, 1.54) is 16.8 Å². The van der Waals surface area contributed by atoms with E-state index in [1.54, 1.807) is 13.3 Å². The monoisotopic (exact) mass is 401 g/mol. The highest BCUT2D eigenvalue weighted by Crippen LogP contribution is 2.41. The number of ether oxygens (including phenoxy) is 1. The molecular formula is C24H23N3O3. The van der Waals surface area contributed by atoms with Crippen LogP contribution in [0.4, 0.5) is 0 Å². The number of hydrogen-bond donors (Lipinski definition) is 1. The maximum absolute atomic E-state index is 12.4. The molecule has 0 saturated heterocycles. The van der Waals surface area contributed by atoms with Crippen LogP contribution in [0, 0.1) is 0 Å². The van der Waals surface area contributed by atoms with E-state index in [-0.39, 0.29) is 5.41 Å². The first-order valence-electron chi connectivity index (χ1n) is 9.68. The van der Waals surface area contributed by atoms with Crippen LogP contribution in [-0.2, 0) is 5.41 Å². The van der Waals surface area contributed by atoms with Crippen molar-refractivity contribution in [3.63, 3.8) is 0 Å². The molecule has 0 aliphatic carbocycles. The summed E-state index contributed by atoms with van der Waals surface area (Å²) in [6.45, 7) is 6.29. The van der Waals surface area contributed by atoms with Gasteiger partial charge in [-0.25, -0.2) is 4.79 Å². The van der Waals surface area contributed by atoms with Gasteiger partial charge in [0.15, 0.2) is 0 Å². The number of methoxy groups -OCH3 is 1. The highest BCUT2D eigenvalue weighted by molar-refractivity contribution is 5.86. The van der Waals surface area contributed by atoms with E-state index in [0.717, 1.165) is 33.3 Å². The van der Waals surface area contributed by atoms with Gasteiger partial charge >= 0.3 is 5.69 Å². The fourth-order valence-corrected chi connectivity index (χ4v) is 3.61. The van der Waals surface area contributed by atoms with Gasteiger partial charge in [0, 0.05) is 35.0 Å². The van der Waals surface area contributed by atoms with Crippen molar-refractivity contribution in [1.29, 1.82) is 0 Å². The third-order valence-corrected chi connectivity index (χ3v) is 5.10. The van der Waals surface area contributed by atoms with Gasteiger partial charge in [-0.3, -0.25) is 19.3 Å². The summed E-state index contributed by atoms with van der Waals surface area (Å²) in [6.07, 6.45) is 3.26. The molecule has 0 aliphatic rings. The second-order valence-corrected chi connectivity index (χ2v) is 8.22. The second kappa shape index (κ2) is 7.30. The summed E-state index contributed by atoms with van der Waals surface area (Å²) >= 11 is 0. The summed E-state index contributed by atoms with van der Waals surface area (Å²) in [5, 5.41) is 1.01. The number of nitrogens with zero attached hydrogens (tertiary/aromatic N) is 2. The summed E-state index contributed by atoms with van der Waals surface area (Å²) < 4.78 is 7.28. The van der Waals surface area contributed by atoms with E-state index in [2.05, 4.69) is 36.8 Å². The third kappa shape index (κ3) is 3.52. The first-order chi connectivity index (χ1) is 14.3. The number of H-pyrrole nitrogens is 1. The van der Waals surface area contributed by atoms with Gasteiger partial charge < -0.3 is 4.74 Å². The minimum Gasteiger partial charge on any atom is -0.496 e. The maximum atomic E-state index is 12.4. The van der Waals surface area contributed by atoms with Gasteiger partial charge in [0.05, 0.1) is 18.3 Å². The van der Waals surface area contributed by atoms with Crippen molar-refractivity contribution in [2.75, 3.05) is 7.11 Å². The number of rotatable bonds is 3. The van der Waals surface area contributed by atoms with Gasteiger partial charge in [-0.05, 0) is 41.3 Å². The molecule has 1 N–H and O–H groups in total. The molecule has 0 aliphatic heterocycles. The van der Waals surface area contributed by atoms with Gasteiger partial charge in [0.1, 0.15) is 5.75 Å². The van der Waals surface area contributed by atoms with Crippen LogP contribution in [0.5, 0.6) is 5.75 Å². The van der Waals surface area contributed by atoms with E-state index in [1.807, 2.05) is 36.4 Å². The topological polar surface area (TPSA) is 77.0 Å². The Morgan fingerprint density at radius 2 is 1.83 bits per heavy atom. The molecule has 0 radical (unpaired) electrons. The van der Waals surface area contributed by atoms with Crippen LogP contribution in [0.1, 0.15) is 26.3 Å². The smallest absolute Gasteiger partial charge is 0.332 e. The molecule has 0 amide bonds. The molecule has 4 rings (SSSR count). The van der Waals surface area contributed by atoms with Crippen LogP contribution in [-0.4, -0.2) is 21.6 Å². The zero-order chi connectivity index (χ0) is 21.5. The quantitative estimate of drug-likeness (QED) is 0.562. The molecule has 0 bridgehead atoms. The second-order valence-electron chi connectivity index (χ2n) is 8.22. The summed E-state index contributed by atoms with van der Waals surface area (Å²) in [5.41, 5.74) is 3.19. The first-order valence-corrected chi connectivity index (χ1v) is 9.68. The minimum absolute atomic E-state index is 0.236. The summed E-state index contributed by atoms with van der Waals surface area (Å²) in [7, 11) is 1.66. The fourth-order valence-electron chi connectivity index (χ4n) is 3.61. The van der Waals surface area contributed by atoms with Crippen molar-refractivity contribution in [2.24, 2.45) is 0 Å². The van der Waals surface area contributed by atoms with E-state index >= 15 is 0 Å². The van der Waals surface area contributed by atoms with E-state index in [4.69, 9.17) is 4.74 Å². The zero-order valence-electron chi connectivity index (χ0n) is 17.4. The largest absolute Gasteiger partial charge is 0.496 e. The van der Waals surface area contributed by atoms with Gasteiger partial charge in [-0.15, -0.1) is 0 Å². The molecular weight excluding hydrogens is 378 g/mol. The lowest BCUT2D eigenvalue weighted by Crippen LogP contribution is -2.27. The number of benzene rings is 2. The standard InChI is InChI=1S/C24H23N3O3/c1-24(2,3)19-14-17(27-11-9-21(28)26-23(27)29)13-18(22(19)30-4)15-7-8-20-16(12-15)6-5-10-25-20/h5-14H,1-4H3,(H,26,28,29). The highest BCUT2D eigenvalue weighted by Gasteiger charge is 2.24. The summed E-state index contributed by atoms with van der Waals surface area (Å²) in [6, 6.07) is 15.1. The van der Waals surface area contributed by atoms with Gasteiger partial charge in [-0.1, -0.05) is 32.9 Å². The van der Waals surface area contributed by atoms with Crippen molar-refractivity contribution in [2.45, 2.75) is 26.2 Å². The molecule has 0 spiro atoms. The number of hydrogen-bond acceptors (Lipinski definition) is 4. The van der Waals surface area contributed by atoms with Crippen LogP contribution >= 0.6 is 0 Å². The van der Waals surface area contributed by atoms with Crippen molar-refractivity contribution < 1.29 is 4.74 Å². The Kier molecular flexibility index (Phi) is 4.78. The molecule has 0 fully saturated rings. The number of nitrogens with one attached hydrogen (secondary N) is 1. The maximum Gasteiger partial charge on any atom is 0.332 e.